The van der Waals surface area contributed by atoms with Gasteiger partial charge in [-0.25, -0.2) is 4.98 Å². The number of amides is 1. The average molecular weight is 341 g/mol. The molecule has 0 fully saturated rings. The van der Waals surface area contributed by atoms with Gasteiger partial charge in [0.2, 0.25) is 5.91 Å². The molecule has 1 aliphatic heterocycles. The van der Waals surface area contributed by atoms with E-state index in [1.807, 2.05) is 18.2 Å². The average Bonchev–Trinajstić information content (AvgIpc) is 2.58. The van der Waals surface area contributed by atoms with Crippen LogP contribution in [0.25, 0.3) is 0 Å². The number of anilines is 1. The second-order valence-corrected chi connectivity index (χ2v) is 6.14. The lowest BCUT2D eigenvalue weighted by Crippen LogP contribution is -2.31. The SMILES string of the molecule is C#CCSc1nc2c(c(=O)[nH]1)[C@@H](c1ccccc1OC)CC(=O)N2. The number of thioether (sulfide) groups is 1. The summed E-state index contributed by atoms with van der Waals surface area (Å²) in [6, 6.07) is 7.35. The molecule has 0 saturated heterocycles. The number of ether oxygens (including phenoxy) is 1. The van der Waals surface area contributed by atoms with Gasteiger partial charge >= 0.3 is 0 Å². The summed E-state index contributed by atoms with van der Waals surface area (Å²) in [5.74, 6) is 3.17. The van der Waals surface area contributed by atoms with Crippen molar-refractivity contribution in [1.82, 2.24) is 9.97 Å². The predicted octanol–water partition coefficient (Wildman–Crippen LogP) is 1.98. The van der Waals surface area contributed by atoms with Crippen molar-refractivity contribution < 1.29 is 9.53 Å². The van der Waals surface area contributed by atoms with E-state index in [1.54, 1.807) is 13.2 Å². The normalized spacial score (nSPS) is 16.0. The lowest BCUT2D eigenvalue weighted by atomic mass is 9.86. The Morgan fingerprint density at radius 1 is 1.42 bits per heavy atom. The zero-order valence-electron chi connectivity index (χ0n) is 13.0. The highest BCUT2D eigenvalue weighted by Gasteiger charge is 2.32. The second-order valence-electron chi connectivity index (χ2n) is 5.17. The summed E-state index contributed by atoms with van der Waals surface area (Å²) in [5.41, 5.74) is 0.937. The first-order chi connectivity index (χ1) is 11.6. The molecule has 2 heterocycles. The third-order valence-electron chi connectivity index (χ3n) is 3.74. The molecule has 0 unspecified atom stereocenters. The first-order valence-corrected chi connectivity index (χ1v) is 8.25. The van der Waals surface area contributed by atoms with E-state index >= 15 is 0 Å². The maximum Gasteiger partial charge on any atom is 0.257 e. The molecule has 3 rings (SSSR count). The summed E-state index contributed by atoms with van der Waals surface area (Å²) in [5, 5.41) is 3.07. The Kier molecular flexibility index (Phi) is 4.58. The van der Waals surface area contributed by atoms with E-state index in [-0.39, 0.29) is 23.7 Å². The van der Waals surface area contributed by atoms with Crippen LogP contribution in [0.1, 0.15) is 23.5 Å². The van der Waals surface area contributed by atoms with Crippen molar-refractivity contribution in [3.63, 3.8) is 0 Å². The van der Waals surface area contributed by atoms with E-state index in [4.69, 9.17) is 11.2 Å². The van der Waals surface area contributed by atoms with E-state index < -0.39 is 5.92 Å². The molecule has 1 aromatic carbocycles. The summed E-state index contributed by atoms with van der Waals surface area (Å²) < 4.78 is 5.37. The minimum atomic E-state index is -0.409. The minimum Gasteiger partial charge on any atom is -0.496 e. The van der Waals surface area contributed by atoms with Crippen molar-refractivity contribution in [2.45, 2.75) is 17.5 Å². The smallest absolute Gasteiger partial charge is 0.257 e. The van der Waals surface area contributed by atoms with Gasteiger partial charge in [0.05, 0.1) is 18.4 Å². The lowest BCUT2D eigenvalue weighted by Gasteiger charge is -2.25. The maximum absolute atomic E-state index is 12.6. The third-order valence-corrected chi connectivity index (χ3v) is 4.51. The van der Waals surface area contributed by atoms with Crippen LogP contribution >= 0.6 is 11.8 Å². The van der Waals surface area contributed by atoms with Gasteiger partial charge in [0.15, 0.2) is 5.16 Å². The van der Waals surface area contributed by atoms with Gasteiger partial charge in [0.25, 0.3) is 5.56 Å². The van der Waals surface area contributed by atoms with Crippen LogP contribution in [-0.2, 0) is 4.79 Å². The van der Waals surface area contributed by atoms with Gasteiger partial charge < -0.3 is 15.0 Å². The Bertz CT molecular complexity index is 885. The largest absolute Gasteiger partial charge is 0.496 e. The van der Waals surface area contributed by atoms with E-state index in [0.717, 1.165) is 5.56 Å². The molecule has 6 nitrogen and oxygen atoms in total. The number of aromatic amines is 1. The summed E-state index contributed by atoms with van der Waals surface area (Å²) in [6.45, 7) is 0. The van der Waals surface area contributed by atoms with Crippen LogP contribution in [0.2, 0.25) is 0 Å². The number of rotatable bonds is 4. The van der Waals surface area contributed by atoms with E-state index in [9.17, 15) is 9.59 Å². The van der Waals surface area contributed by atoms with Gasteiger partial charge in [-0.1, -0.05) is 35.9 Å². The highest BCUT2D eigenvalue weighted by atomic mass is 32.2. The number of hydrogen-bond donors (Lipinski definition) is 2. The number of carbonyl (C=O) groups is 1. The molecule has 1 aromatic heterocycles. The third kappa shape index (κ3) is 3.01. The number of nitrogens with zero attached hydrogens (tertiary/aromatic N) is 1. The number of benzene rings is 1. The molecule has 24 heavy (non-hydrogen) atoms. The van der Waals surface area contributed by atoms with Gasteiger partial charge in [-0.2, -0.15) is 0 Å². The van der Waals surface area contributed by atoms with Crippen molar-refractivity contribution >= 4 is 23.5 Å². The zero-order valence-corrected chi connectivity index (χ0v) is 13.8. The summed E-state index contributed by atoms with van der Waals surface area (Å²) >= 11 is 1.23. The molecule has 1 atom stereocenters. The van der Waals surface area contributed by atoms with Gasteiger partial charge in [-0.05, 0) is 6.07 Å². The van der Waals surface area contributed by atoms with Crippen LogP contribution in [-0.4, -0.2) is 28.7 Å². The standard InChI is InChI=1S/C17H15N3O3S/c1-3-8-24-17-19-15-14(16(22)20-17)11(9-13(21)18-15)10-6-4-5-7-12(10)23-2/h1,4-7,11H,8-9H2,2H3,(H2,18,19,20,21,22)/t11-/m1/s1. The number of H-pyrrole nitrogens is 1. The Labute approximate surface area is 143 Å². The van der Waals surface area contributed by atoms with Gasteiger partial charge in [-0.3, -0.25) is 9.59 Å². The molecule has 2 aromatic rings. The molecule has 0 spiro atoms. The molecule has 122 valence electrons. The first kappa shape index (κ1) is 16.1. The first-order valence-electron chi connectivity index (χ1n) is 7.27. The monoisotopic (exact) mass is 341 g/mol. The summed E-state index contributed by atoms with van der Waals surface area (Å²) in [4.78, 5) is 31.8. The predicted molar refractivity (Wildman–Crippen MR) is 92.5 cm³/mol. The van der Waals surface area contributed by atoms with Crippen molar-refractivity contribution in [3.05, 3.63) is 45.7 Å². The van der Waals surface area contributed by atoms with Crippen molar-refractivity contribution in [1.29, 1.82) is 0 Å². The van der Waals surface area contributed by atoms with Crippen LogP contribution < -0.4 is 15.6 Å². The van der Waals surface area contributed by atoms with E-state index in [1.165, 1.54) is 11.8 Å². The van der Waals surface area contributed by atoms with E-state index in [0.29, 0.717) is 22.2 Å². The Morgan fingerprint density at radius 3 is 2.96 bits per heavy atom. The molecular weight excluding hydrogens is 326 g/mol. The highest BCUT2D eigenvalue weighted by Crippen LogP contribution is 2.38. The van der Waals surface area contributed by atoms with Crippen LogP contribution in [0.15, 0.2) is 34.2 Å². The summed E-state index contributed by atoms with van der Waals surface area (Å²) in [7, 11) is 1.56. The van der Waals surface area contributed by atoms with E-state index in [2.05, 4.69) is 21.2 Å². The number of aromatic nitrogens is 2. The number of carbonyl (C=O) groups excluding carboxylic acids is 1. The molecule has 0 saturated carbocycles. The number of fused-ring (bicyclic) bond motifs is 1. The summed E-state index contributed by atoms with van der Waals surface area (Å²) in [6.07, 6.45) is 5.39. The van der Waals surface area contributed by atoms with Crippen molar-refractivity contribution in [2.24, 2.45) is 0 Å². The number of methoxy groups -OCH3 is 1. The quantitative estimate of drug-likeness (QED) is 0.505. The second kappa shape index (κ2) is 6.81. The number of nitrogens with one attached hydrogen (secondary N) is 2. The fourth-order valence-corrected chi connectivity index (χ4v) is 3.29. The van der Waals surface area contributed by atoms with Gasteiger partial charge in [-0.15, -0.1) is 6.42 Å². The van der Waals surface area contributed by atoms with Crippen LogP contribution in [0, 0.1) is 12.3 Å². The Hall–Kier alpha value is -2.72. The molecule has 0 aliphatic carbocycles. The molecule has 7 heteroatoms. The Balaban J connectivity index is 2.12. The molecule has 0 bridgehead atoms. The van der Waals surface area contributed by atoms with Crippen LogP contribution in [0.5, 0.6) is 5.75 Å². The molecule has 2 N–H and O–H groups in total. The number of terminal acetylenes is 1. The zero-order chi connectivity index (χ0) is 17.1. The van der Waals surface area contributed by atoms with Gasteiger partial charge in [0.1, 0.15) is 11.6 Å². The number of hydrogen-bond acceptors (Lipinski definition) is 5. The van der Waals surface area contributed by atoms with Crippen molar-refractivity contribution in [3.8, 4) is 18.1 Å². The molecular formula is C17H15N3O3S. The van der Waals surface area contributed by atoms with Gasteiger partial charge in [0, 0.05) is 17.9 Å². The topological polar surface area (TPSA) is 84.1 Å². The Morgan fingerprint density at radius 2 is 2.21 bits per heavy atom. The molecule has 1 amide bonds. The number of para-hydroxylation sites is 1. The van der Waals surface area contributed by atoms with Crippen LogP contribution in [0.4, 0.5) is 5.82 Å². The minimum absolute atomic E-state index is 0.162. The fraction of sp³-hybridized carbons (Fsp3) is 0.235. The molecule has 1 aliphatic rings. The lowest BCUT2D eigenvalue weighted by molar-refractivity contribution is -0.116. The van der Waals surface area contributed by atoms with Crippen molar-refractivity contribution in [2.75, 3.05) is 18.2 Å². The highest BCUT2D eigenvalue weighted by molar-refractivity contribution is 7.99. The maximum atomic E-state index is 12.6. The molecule has 0 radical (unpaired) electrons. The van der Waals surface area contributed by atoms with Crippen LogP contribution in [0.3, 0.4) is 0 Å². The fourth-order valence-electron chi connectivity index (χ4n) is 2.75.